The van der Waals surface area contributed by atoms with E-state index >= 15 is 0 Å². The normalized spacial score (nSPS) is 22.7. The average Bonchev–Trinajstić information content (AvgIpc) is 3.87. The molecule has 0 bridgehead atoms. The lowest BCUT2D eigenvalue weighted by Gasteiger charge is -2.38. The van der Waals surface area contributed by atoms with Gasteiger partial charge < -0.3 is 14.7 Å². The maximum absolute atomic E-state index is 5.83. The molecule has 6 aliphatic rings. The lowest BCUT2D eigenvalue weighted by Crippen LogP contribution is -2.38. The molecule has 6 aromatic carbocycles. The Kier molecular flexibility index (Phi) is 9.14. The van der Waals surface area contributed by atoms with Crippen molar-refractivity contribution in [2.75, 3.05) is 16.8 Å². The number of nitrogens with zero attached hydrogens (tertiary/aromatic N) is 5. The van der Waals surface area contributed by atoms with Crippen molar-refractivity contribution in [3.8, 4) is 22.3 Å². The number of fused-ring (bicyclic) bond motifs is 5. The molecule has 5 nitrogen and oxygen atoms in total. The van der Waals surface area contributed by atoms with Crippen molar-refractivity contribution in [1.29, 1.82) is 0 Å². The quantitative estimate of drug-likeness (QED) is 0.161. The maximum atomic E-state index is 5.83. The minimum Gasteiger partial charge on any atom is -0.336 e. The molecule has 304 valence electrons. The number of rotatable bonds is 7. The molecule has 6 aromatic rings. The van der Waals surface area contributed by atoms with E-state index in [-0.39, 0.29) is 30.1 Å². The highest BCUT2D eigenvalue weighted by molar-refractivity contribution is 6.19. The Morgan fingerprint density at radius 2 is 1.10 bits per heavy atom. The van der Waals surface area contributed by atoms with Crippen LogP contribution in [-0.4, -0.2) is 35.7 Å². The minimum atomic E-state index is -0.331. The van der Waals surface area contributed by atoms with Crippen molar-refractivity contribution in [3.63, 3.8) is 0 Å². The van der Waals surface area contributed by atoms with Crippen LogP contribution in [0, 0.1) is 5.92 Å². The molecule has 3 aliphatic heterocycles. The van der Waals surface area contributed by atoms with E-state index in [1.54, 1.807) is 0 Å². The van der Waals surface area contributed by atoms with Gasteiger partial charge in [-0.05, 0) is 58.9 Å². The molecular weight excluding hydrogens is 767 g/mol. The van der Waals surface area contributed by atoms with Gasteiger partial charge in [-0.3, -0.25) is 0 Å². The van der Waals surface area contributed by atoms with Crippen LogP contribution in [0.1, 0.15) is 47.2 Å². The Morgan fingerprint density at radius 3 is 1.81 bits per heavy atom. The number of para-hydroxylation sites is 3. The summed E-state index contributed by atoms with van der Waals surface area (Å²) < 4.78 is 0. The molecule has 3 aliphatic carbocycles. The number of hydrogen-bond acceptors (Lipinski definition) is 5. The van der Waals surface area contributed by atoms with Gasteiger partial charge in [-0.25, -0.2) is 9.98 Å². The number of anilines is 3. The number of benzene rings is 6. The van der Waals surface area contributed by atoms with Crippen molar-refractivity contribution >= 4 is 28.7 Å². The SMILES string of the molecule is CN1C(c2cccc(-c3ccccc3)c2N2c3ccccc3C3C=CC=CC32)=NC(c2cccc(-c3ccccc3)c2N2C3=C(C=CCC3)C3C=CC=C[C@H]32)=NC1c1ccccc1. The molecule has 0 spiro atoms. The van der Waals surface area contributed by atoms with Gasteiger partial charge in [0, 0.05) is 52.5 Å². The predicted molar refractivity (Wildman–Crippen MR) is 261 cm³/mol. The van der Waals surface area contributed by atoms with Gasteiger partial charge in [-0.15, -0.1) is 0 Å². The topological polar surface area (TPSA) is 34.4 Å². The minimum absolute atomic E-state index is 0.102. The van der Waals surface area contributed by atoms with Gasteiger partial charge in [0.1, 0.15) is 12.0 Å². The summed E-state index contributed by atoms with van der Waals surface area (Å²) in [5.41, 5.74) is 15.6. The molecule has 0 saturated heterocycles. The molecule has 0 radical (unpaired) electrons. The first kappa shape index (κ1) is 37.3. The Hall–Kier alpha value is -7.50. The molecule has 0 aromatic heterocycles. The lowest BCUT2D eigenvalue weighted by molar-refractivity contribution is 0.383. The van der Waals surface area contributed by atoms with Crippen molar-refractivity contribution in [1.82, 2.24) is 4.90 Å². The van der Waals surface area contributed by atoms with E-state index in [2.05, 4.69) is 234 Å². The van der Waals surface area contributed by atoms with Crippen LogP contribution in [0.4, 0.5) is 17.1 Å². The van der Waals surface area contributed by atoms with Crippen molar-refractivity contribution in [3.05, 3.63) is 246 Å². The monoisotopic (exact) mass is 813 g/mol. The van der Waals surface area contributed by atoms with Gasteiger partial charge >= 0.3 is 0 Å². The number of amidine groups is 2. The fourth-order valence-corrected chi connectivity index (χ4v) is 10.9. The van der Waals surface area contributed by atoms with Crippen LogP contribution in [0.15, 0.2) is 234 Å². The Bertz CT molecular complexity index is 3010. The predicted octanol–water partition coefficient (Wildman–Crippen LogP) is 13.1. The molecule has 3 heterocycles. The zero-order valence-corrected chi connectivity index (χ0v) is 35.2. The molecule has 0 amide bonds. The van der Waals surface area contributed by atoms with E-state index in [4.69, 9.17) is 9.98 Å². The van der Waals surface area contributed by atoms with Gasteiger partial charge in [-0.2, -0.15) is 0 Å². The average molecular weight is 814 g/mol. The van der Waals surface area contributed by atoms with Gasteiger partial charge in [-0.1, -0.05) is 194 Å². The van der Waals surface area contributed by atoms with E-state index in [9.17, 15) is 0 Å². The van der Waals surface area contributed by atoms with Crippen LogP contribution in [0.25, 0.3) is 22.3 Å². The first-order valence-corrected chi connectivity index (χ1v) is 22.3. The molecule has 0 fully saturated rings. The van der Waals surface area contributed by atoms with Crippen LogP contribution in [0.5, 0.6) is 0 Å². The molecule has 4 unspecified atom stereocenters. The zero-order valence-electron chi connectivity index (χ0n) is 35.2. The third kappa shape index (κ3) is 6.13. The summed E-state index contributed by atoms with van der Waals surface area (Å²) in [5, 5.41) is 0. The summed E-state index contributed by atoms with van der Waals surface area (Å²) in [6, 6.07) is 55.1. The van der Waals surface area contributed by atoms with Crippen LogP contribution >= 0.6 is 0 Å². The number of aliphatic imine (C=N–C) groups is 2. The van der Waals surface area contributed by atoms with Crippen molar-refractivity contribution in [2.45, 2.75) is 37.0 Å². The summed E-state index contributed by atoms with van der Waals surface area (Å²) in [4.78, 5) is 19.0. The van der Waals surface area contributed by atoms with Crippen LogP contribution in [-0.2, 0) is 0 Å². The Morgan fingerprint density at radius 1 is 0.524 bits per heavy atom. The van der Waals surface area contributed by atoms with E-state index < -0.39 is 0 Å². The van der Waals surface area contributed by atoms with Crippen LogP contribution < -0.4 is 9.80 Å². The van der Waals surface area contributed by atoms with Gasteiger partial charge in [0.15, 0.2) is 5.84 Å². The fourth-order valence-electron chi connectivity index (χ4n) is 10.9. The maximum Gasteiger partial charge on any atom is 0.161 e. The van der Waals surface area contributed by atoms with Gasteiger partial charge in [0.05, 0.1) is 23.5 Å². The molecule has 5 heteroatoms. The molecule has 63 heavy (non-hydrogen) atoms. The third-order valence-corrected chi connectivity index (χ3v) is 13.7. The first-order chi connectivity index (χ1) is 31.2. The standard InChI is InChI=1S/C58H47N5/c1-61-57(41-25-9-4-10-26-41)59-56(48-33-19-31-42(39-21-5-2-6-22-39)54(48)62-50-35-15-11-27-44(50)45-28-12-16-36-51(45)62)60-58(61)49-34-20-32-43(40-23-7-3-8-24-40)55(49)63-52-37-17-13-29-46(52)47-30-14-18-38-53(47)63/h2-15,17-35,37-38,44,46,50,52,57H,16,36H2,1H3/t44?,46?,50-,52?,57?/m1/s1. The highest BCUT2D eigenvalue weighted by atomic mass is 15.3. The zero-order chi connectivity index (χ0) is 41.9. The number of allylic oxidation sites excluding steroid dienone is 7. The molecular formula is C58H47N5. The highest BCUT2D eigenvalue weighted by Crippen LogP contribution is 2.53. The molecule has 12 rings (SSSR count). The third-order valence-electron chi connectivity index (χ3n) is 13.7. The van der Waals surface area contributed by atoms with Crippen molar-refractivity contribution in [2.24, 2.45) is 15.9 Å². The summed E-state index contributed by atoms with van der Waals surface area (Å²) in [6.45, 7) is 0. The smallest absolute Gasteiger partial charge is 0.161 e. The second-order valence-electron chi connectivity index (χ2n) is 17.1. The van der Waals surface area contributed by atoms with E-state index in [1.807, 2.05) is 0 Å². The summed E-state index contributed by atoms with van der Waals surface area (Å²) >= 11 is 0. The molecule has 0 N–H and O–H groups in total. The summed E-state index contributed by atoms with van der Waals surface area (Å²) in [5.74, 6) is 2.11. The second kappa shape index (κ2) is 15.4. The van der Waals surface area contributed by atoms with Crippen LogP contribution in [0.2, 0.25) is 0 Å². The number of hydrogen-bond donors (Lipinski definition) is 0. The van der Waals surface area contributed by atoms with E-state index in [0.29, 0.717) is 0 Å². The Balaban J connectivity index is 1.12. The van der Waals surface area contributed by atoms with E-state index in [0.717, 1.165) is 52.6 Å². The molecule has 5 atom stereocenters. The first-order valence-electron chi connectivity index (χ1n) is 22.3. The van der Waals surface area contributed by atoms with Crippen molar-refractivity contribution < 1.29 is 0 Å². The molecule has 0 saturated carbocycles. The summed E-state index contributed by atoms with van der Waals surface area (Å²) in [6.07, 6.45) is 24.7. The van der Waals surface area contributed by atoms with Gasteiger partial charge in [0.2, 0.25) is 0 Å². The summed E-state index contributed by atoms with van der Waals surface area (Å²) in [7, 11) is 2.16. The Labute approximate surface area is 370 Å². The van der Waals surface area contributed by atoms with Crippen LogP contribution in [0.3, 0.4) is 0 Å². The highest BCUT2D eigenvalue weighted by Gasteiger charge is 2.43. The van der Waals surface area contributed by atoms with E-state index in [1.165, 1.54) is 44.8 Å². The second-order valence-corrected chi connectivity index (χ2v) is 17.1. The van der Waals surface area contributed by atoms with Gasteiger partial charge in [0.25, 0.3) is 0 Å². The lowest BCUT2D eigenvalue weighted by atomic mass is 9.88. The largest absolute Gasteiger partial charge is 0.336 e. The fraction of sp³-hybridized carbons (Fsp3) is 0.138.